The van der Waals surface area contributed by atoms with E-state index < -0.39 is 0 Å². The van der Waals surface area contributed by atoms with Crippen LogP contribution in [0.4, 0.5) is 0 Å². The molecule has 2 aromatic carbocycles. The molecule has 4 nitrogen and oxygen atoms in total. The first-order chi connectivity index (χ1) is 12.1. The van der Waals surface area contributed by atoms with Crippen molar-refractivity contribution < 1.29 is 9.53 Å². The molecule has 3 rings (SSSR count). The first-order valence-corrected chi connectivity index (χ1v) is 9.05. The number of aromatic nitrogens is 1. The first-order valence-electron chi connectivity index (χ1n) is 8.17. The van der Waals surface area contributed by atoms with Gasteiger partial charge in [0, 0.05) is 11.9 Å². The summed E-state index contributed by atoms with van der Waals surface area (Å²) in [5, 5.41) is 5.46. The Morgan fingerprint density at radius 2 is 1.84 bits per heavy atom. The zero-order chi connectivity index (χ0) is 17.6. The second kappa shape index (κ2) is 7.94. The van der Waals surface area contributed by atoms with E-state index in [0.717, 1.165) is 21.9 Å². The molecule has 0 spiro atoms. The molecule has 0 bridgehead atoms. The molecule has 0 radical (unpaired) electrons. The maximum absolute atomic E-state index is 12.3. The van der Waals surface area contributed by atoms with Gasteiger partial charge >= 0.3 is 0 Å². The highest BCUT2D eigenvalue weighted by atomic mass is 32.1. The fourth-order valence-corrected chi connectivity index (χ4v) is 3.20. The smallest absolute Gasteiger partial charge is 0.271 e. The van der Waals surface area contributed by atoms with Gasteiger partial charge in [0.25, 0.3) is 5.91 Å². The molecule has 0 unspecified atom stereocenters. The normalized spacial score (nSPS) is 10.7. The Hall–Kier alpha value is -2.66. The summed E-state index contributed by atoms with van der Waals surface area (Å²) in [4.78, 5) is 16.8. The van der Waals surface area contributed by atoms with E-state index in [9.17, 15) is 4.79 Å². The zero-order valence-corrected chi connectivity index (χ0v) is 15.0. The van der Waals surface area contributed by atoms with E-state index in [-0.39, 0.29) is 12.0 Å². The Kier molecular flexibility index (Phi) is 5.46. The molecule has 1 heterocycles. The number of amides is 1. The number of hydrogen-bond donors (Lipinski definition) is 1. The largest absolute Gasteiger partial charge is 0.490 e. The molecule has 0 fully saturated rings. The molecule has 1 amide bonds. The average molecular weight is 352 g/mol. The number of ether oxygens (including phenoxy) is 1. The van der Waals surface area contributed by atoms with Crippen molar-refractivity contribution in [3.05, 3.63) is 71.2 Å². The Labute approximate surface area is 151 Å². The Morgan fingerprint density at radius 1 is 1.12 bits per heavy atom. The van der Waals surface area contributed by atoms with Gasteiger partial charge < -0.3 is 10.1 Å². The molecule has 5 heteroatoms. The number of carbonyl (C=O) groups excluding carboxylic acids is 1. The third-order valence-corrected chi connectivity index (χ3v) is 4.39. The van der Waals surface area contributed by atoms with E-state index in [1.54, 1.807) is 5.38 Å². The summed E-state index contributed by atoms with van der Waals surface area (Å²) in [6.07, 6.45) is 0.0785. The minimum Gasteiger partial charge on any atom is -0.490 e. The van der Waals surface area contributed by atoms with Gasteiger partial charge in [-0.2, -0.15) is 0 Å². The summed E-state index contributed by atoms with van der Waals surface area (Å²) < 4.78 is 5.84. The van der Waals surface area contributed by atoms with Gasteiger partial charge in [-0.15, -0.1) is 11.3 Å². The number of rotatable bonds is 6. The highest BCUT2D eigenvalue weighted by molar-refractivity contribution is 7.13. The van der Waals surface area contributed by atoms with E-state index in [2.05, 4.69) is 10.3 Å². The Balaban J connectivity index is 1.73. The van der Waals surface area contributed by atoms with Crippen molar-refractivity contribution in [3.8, 4) is 16.3 Å². The van der Waals surface area contributed by atoms with Crippen molar-refractivity contribution in [2.24, 2.45) is 0 Å². The highest BCUT2D eigenvalue weighted by Crippen LogP contribution is 2.32. The number of hydrogen-bond acceptors (Lipinski definition) is 4. The van der Waals surface area contributed by atoms with E-state index in [1.807, 2.05) is 68.4 Å². The van der Waals surface area contributed by atoms with E-state index in [1.165, 1.54) is 11.3 Å². The number of thiazole rings is 1. The van der Waals surface area contributed by atoms with Crippen LogP contribution in [-0.4, -0.2) is 17.0 Å². The highest BCUT2D eigenvalue weighted by Gasteiger charge is 2.15. The average Bonchev–Trinajstić information content (AvgIpc) is 3.10. The van der Waals surface area contributed by atoms with Crippen LogP contribution in [0.1, 0.15) is 29.9 Å². The minimum absolute atomic E-state index is 0.0785. The molecule has 0 saturated heterocycles. The Morgan fingerprint density at radius 3 is 2.60 bits per heavy atom. The van der Waals surface area contributed by atoms with Crippen LogP contribution < -0.4 is 10.1 Å². The summed E-state index contributed by atoms with van der Waals surface area (Å²) in [5.74, 6) is 0.608. The molecule has 0 aliphatic carbocycles. The third kappa shape index (κ3) is 4.45. The molecular weight excluding hydrogens is 332 g/mol. The molecule has 0 aliphatic heterocycles. The summed E-state index contributed by atoms with van der Waals surface area (Å²) >= 11 is 1.44. The van der Waals surface area contributed by atoms with E-state index in [0.29, 0.717) is 12.2 Å². The maximum Gasteiger partial charge on any atom is 0.271 e. The lowest BCUT2D eigenvalue weighted by Crippen LogP contribution is -2.23. The second-order valence-corrected chi connectivity index (χ2v) is 6.73. The summed E-state index contributed by atoms with van der Waals surface area (Å²) in [6, 6.07) is 17.6. The van der Waals surface area contributed by atoms with Crippen LogP contribution in [0.5, 0.6) is 5.75 Å². The van der Waals surface area contributed by atoms with E-state index >= 15 is 0 Å². The van der Waals surface area contributed by atoms with Crippen molar-refractivity contribution in [1.82, 2.24) is 10.3 Å². The predicted octanol–water partition coefficient (Wildman–Crippen LogP) is 4.53. The minimum atomic E-state index is -0.173. The predicted molar refractivity (Wildman–Crippen MR) is 101 cm³/mol. The van der Waals surface area contributed by atoms with E-state index in [4.69, 9.17) is 4.74 Å². The molecule has 0 atom stereocenters. The lowest BCUT2D eigenvalue weighted by atomic mass is 10.2. The van der Waals surface area contributed by atoms with Crippen LogP contribution in [0.3, 0.4) is 0 Å². The SMILES string of the molecule is CC(C)Oc1ccccc1-c1nc(C(=O)NCc2ccccc2)cs1. The molecule has 1 aromatic heterocycles. The van der Waals surface area contributed by atoms with Crippen molar-refractivity contribution >= 4 is 17.2 Å². The number of nitrogens with zero attached hydrogens (tertiary/aromatic N) is 1. The van der Waals surface area contributed by atoms with Gasteiger partial charge in [0.05, 0.1) is 11.7 Å². The topological polar surface area (TPSA) is 51.2 Å². The van der Waals surface area contributed by atoms with Crippen molar-refractivity contribution in [2.75, 3.05) is 0 Å². The van der Waals surface area contributed by atoms with Gasteiger partial charge in [-0.05, 0) is 31.5 Å². The lowest BCUT2D eigenvalue weighted by Gasteiger charge is -2.12. The second-order valence-electron chi connectivity index (χ2n) is 5.87. The van der Waals surface area contributed by atoms with Crippen LogP contribution in [0.15, 0.2) is 60.0 Å². The monoisotopic (exact) mass is 352 g/mol. The third-order valence-electron chi connectivity index (χ3n) is 3.51. The summed E-state index contributed by atoms with van der Waals surface area (Å²) in [7, 11) is 0. The molecule has 0 aliphatic rings. The maximum atomic E-state index is 12.3. The van der Waals surface area contributed by atoms with Gasteiger partial charge in [-0.1, -0.05) is 42.5 Å². The standard InChI is InChI=1S/C20H20N2O2S/c1-14(2)24-18-11-7-6-10-16(18)20-22-17(13-25-20)19(23)21-12-15-8-4-3-5-9-15/h3-11,13-14H,12H2,1-2H3,(H,21,23). The van der Waals surface area contributed by atoms with Crippen LogP contribution >= 0.6 is 11.3 Å². The molecular formula is C20H20N2O2S. The number of carbonyl (C=O) groups is 1. The van der Waals surface area contributed by atoms with Gasteiger partial charge in [0.1, 0.15) is 16.5 Å². The number of benzene rings is 2. The quantitative estimate of drug-likeness (QED) is 0.709. The van der Waals surface area contributed by atoms with Crippen molar-refractivity contribution in [1.29, 1.82) is 0 Å². The molecule has 0 saturated carbocycles. The summed E-state index contributed by atoms with van der Waals surface area (Å²) in [5.41, 5.74) is 2.39. The van der Waals surface area contributed by atoms with Crippen LogP contribution in [0, 0.1) is 0 Å². The number of nitrogens with one attached hydrogen (secondary N) is 1. The van der Waals surface area contributed by atoms with Gasteiger partial charge in [0.2, 0.25) is 0 Å². The van der Waals surface area contributed by atoms with Gasteiger partial charge in [-0.3, -0.25) is 4.79 Å². The van der Waals surface area contributed by atoms with Crippen molar-refractivity contribution in [3.63, 3.8) is 0 Å². The lowest BCUT2D eigenvalue weighted by molar-refractivity contribution is 0.0946. The van der Waals surface area contributed by atoms with Crippen LogP contribution in [0.2, 0.25) is 0 Å². The molecule has 1 N–H and O–H groups in total. The zero-order valence-electron chi connectivity index (χ0n) is 14.2. The van der Waals surface area contributed by atoms with Gasteiger partial charge in [-0.25, -0.2) is 4.98 Å². The molecule has 25 heavy (non-hydrogen) atoms. The molecule has 128 valence electrons. The first kappa shape index (κ1) is 17.2. The number of para-hydroxylation sites is 1. The molecule has 3 aromatic rings. The summed E-state index contributed by atoms with van der Waals surface area (Å²) in [6.45, 7) is 4.46. The van der Waals surface area contributed by atoms with Crippen molar-refractivity contribution in [2.45, 2.75) is 26.5 Å². The van der Waals surface area contributed by atoms with Crippen LogP contribution in [0.25, 0.3) is 10.6 Å². The fraction of sp³-hybridized carbons (Fsp3) is 0.200. The fourth-order valence-electron chi connectivity index (χ4n) is 2.37. The van der Waals surface area contributed by atoms with Crippen LogP contribution in [-0.2, 0) is 6.54 Å². The van der Waals surface area contributed by atoms with Gasteiger partial charge in [0.15, 0.2) is 0 Å². The Bertz CT molecular complexity index is 844.